The zero-order chi connectivity index (χ0) is 21.8. The molecular weight excluding hydrogens is 411 g/mol. The molecule has 3 rings (SSSR count). The molecular formula is C17H18F3N5O5. The molecule has 2 N–H and O–H groups in total. The van der Waals surface area contributed by atoms with Gasteiger partial charge in [-0.2, -0.15) is 13.9 Å². The van der Waals surface area contributed by atoms with Crippen molar-refractivity contribution in [3.63, 3.8) is 0 Å². The number of cyclic esters (lactones) is 1. The molecule has 2 aliphatic heterocycles. The Labute approximate surface area is 168 Å². The highest BCUT2D eigenvalue weighted by molar-refractivity contribution is 5.91. The first kappa shape index (κ1) is 21.4. The van der Waals surface area contributed by atoms with E-state index in [2.05, 4.69) is 5.10 Å². The van der Waals surface area contributed by atoms with Gasteiger partial charge in [-0.1, -0.05) is 0 Å². The quantitative estimate of drug-likeness (QED) is 0.664. The number of benzene rings is 1. The summed E-state index contributed by atoms with van der Waals surface area (Å²) in [6.45, 7) is -0.631. The molecule has 0 aliphatic carbocycles. The Morgan fingerprint density at radius 3 is 2.70 bits per heavy atom. The second-order valence-corrected chi connectivity index (χ2v) is 6.40. The highest BCUT2D eigenvalue weighted by Gasteiger charge is 2.33. The van der Waals surface area contributed by atoms with Crippen LogP contribution in [-0.4, -0.2) is 79.7 Å². The van der Waals surface area contributed by atoms with Crippen LogP contribution in [0.5, 0.6) is 0 Å². The predicted octanol–water partition coefficient (Wildman–Crippen LogP) is 0.116. The molecule has 0 spiro atoms. The molecule has 1 aromatic rings. The molecule has 162 valence electrons. The number of hydrazone groups is 1. The second-order valence-electron chi connectivity index (χ2n) is 6.40. The van der Waals surface area contributed by atoms with Gasteiger partial charge < -0.3 is 20.1 Å². The number of carbonyl (C=O) groups excluding carboxylic acids is 3. The van der Waals surface area contributed by atoms with E-state index in [4.69, 9.17) is 9.84 Å². The molecule has 0 aromatic heterocycles. The molecule has 1 saturated heterocycles. The van der Waals surface area contributed by atoms with Crippen molar-refractivity contribution in [1.29, 1.82) is 0 Å². The molecule has 1 fully saturated rings. The van der Waals surface area contributed by atoms with E-state index >= 15 is 0 Å². The van der Waals surface area contributed by atoms with Crippen LogP contribution in [0.1, 0.15) is 0 Å². The summed E-state index contributed by atoms with van der Waals surface area (Å²) in [5, 5.41) is 15.7. The molecule has 2 heterocycles. The summed E-state index contributed by atoms with van der Waals surface area (Å²) in [4.78, 5) is 36.9. The van der Waals surface area contributed by atoms with E-state index in [1.165, 1.54) is 23.4 Å². The van der Waals surface area contributed by atoms with Crippen LogP contribution in [0.2, 0.25) is 0 Å². The van der Waals surface area contributed by atoms with Gasteiger partial charge in [0, 0.05) is 6.54 Å². The number of anilines is 2. The van der Waals surface area contributed by atoms with Crippen LogP contribution >= 0.6 is 0 Å². The third kappa shape index (κ3) is 4.62. The van der Waals surface area contributed by atoms with Gasteiger partial charge >= 0.3 is 12.5 Å². The maximum Gasteiger partial charge on any atom is 0.414 e. The lowest BCUT2D eigenvalue weighted by molar-refractivity contribution is -0.134. The third-order valence-electron chi connectivity index (χ3n) is 4.43. The minimum atomic E-state index is -3.17. The number of aliphatic hydroxyl groups is 1. The monoisotopic (exact) mass is 429 g/mol. The molecule has 10 nitrogen and oxygen atoms in total. The number of amides is 3. The zero-order valence-electron chi connectivity index (χ0n) is 15.5. The van der Waals surface area contributed by atoms with Crippen LogP contribution in [0, 0.1) is 5.82 Å². The topological polar surface area (TPSA) is 115 Å². The first-order chi connectivity index (χ1) is 14.3. The Balaban J connectivity index is 1.65. The molecule has 2 aliphatic rings. The van der Waals surface area contributed by atoms with E-state index in [0.717, 1.165) is 16.0 Å². The number of ether oxygens (including phenoxy) is 1. The average Bonchev–Trinajstić information content (AvgIpc) is 3.12. The summed E-state index contributed by atoms with van der Waals surface area (Å²) in [6.07, 6.45) is -3.57. The normalized spacial score (nSPS) is 18.8. The molecule has 0 saturated carbocycles. The van der Waals surface area contributed by atoms with Crippen molar-refractivity contribution in [2.45, 2.75) is 12.5 Å². The number of hydrogen-bond acceptors (Lipinski definition) is 7. The predicted molar refractivity (Wildman–Crippen MR) is 97.7 cm³/mol. The number of nitrogens with one attached hydrogen (secondary N) is 1. The first-order valence-electron chi connectivity index (χ1n) is 8.85. The highest BCUT2D eigenvalue weighted by atomic mass is 19.3. The lowest BCUT2D eigenvalue weighted by Gasteiger charge is -2.28. The number of hydrogen-bond donors (Lipinski definition) is 2. The smallest absolute Gasteiger partial charge is 0.414 e. The summed E-state index contributed by atoms with van der Waals surface area (Å²) >= 11 is 0. The van der Waals surface area contributed by atoms with E-state index in [1.807, 2.05) is 5.32 Å². The molecule has 13 heteroatoms. The molecule has 1 aromatic carbocycles. The van der Waals surface area contributed by atoms with Crippen molar-refractivity contribution in [1.82, 2.24) is 10.3 Å². The van der Waals surface area contributed by atoms with Crippen LogP contribution in [0.3, 0.4) is 0 Å². The van der Waals surface area contributed by atoms with Crippen molar-refractivity contribution in [3.8, 4) is 0 Å². The molecule has 30 heavy (non-hydrogen) atoms. The number of alkyl halides is 2. The number of aliphatic hydroxyl groups excluding tert-OH is 1. The Bertz CT molecular complexity index is 868. The molecule has 0 bridgehead atoms. The fraction of sp³-hybridized carbons (Fsp3) is 0.412. The summed E-state index contributed by atoms with van der Waals surface area (Å²) < 4.78 is 44.1. The van der Waals surface area contributed by atoms with Crippen molar-refractivity contribution < 1.29 is 37.4 Å². The summed E-state index contributed by atoms with van der Waals surface area (Å²) in [5.41, 5.74) is 0.349. The van der Waals surface area contributed by atoms with Gasteiger partial charge in [0.2, 0.25) is 0 Å². The maximum atomic E-state index is 14.6. The van der Waals surface area contributed by atoms with Gasteiger partial charge in [-0.25, -0.2) is 14.2 Å². The SMILES string of the molecule is O=C(NCC1CN(c2ccc(N3C=NN(C(=O)CO)CC3)c(F)c2)C(=O)O1)C(F)F. The average molecular weight is 429 g/mol. The van der Waals surface area contributed by atoms with E-state index in [1.54, 1.807) is 0 Å². The number of nitrogens with zero attached hydrogens (tertiary/aromatic N) is 4. The van der Waals surface area contributed by atoms with E-state index < -0.39 is 42.9 Å². The van der Waals surface area contributed by atoms with Gasteiger partial charge in [0.25, 0.3) is 11.8 Å². The molecule has 1 unspecified atom stereocenters. The molecule has 3 amide bonds. The van der Waals surface area contributed by atoms with Crippen molar-refractivity contribution in [3.05, 3.63) is 24.0 Å². The standard InChI is InChI=1S/C17H18F3N5O5/c18-12-5-10(24-7-11(30-17(24)29)6-21-16(28)15(19)20)1-2-13(12)23-3-4-25(22-9-23)14(27)8-26/h1-2,5,9,11,15,26H,3-4,6-8H2,(H,21,28). The van der Waals surface area contributed by atoms with Crippen LogP contribution in [0.15, 0.2) is 23.3 Å². The maximum absolute atomic E-state index is 14.6. The summed E-state index contributed by atoms with van der Waals surface area (Å²) in [6, 6.07) is 3.99. The lowest BCUT2D eigenvalue weighted by Crippen LogP contribution is -2.42. The molecule has 0 radical (unpaired) electrons. The number of halogens is 3. The number of rotatable bonds is 6. The highest BCUT2D eigenvalue weighted by Crippen LogP contribution is 2.28. The van der Waals surface area contributed by atoms with Gasteiger partial charge in [0.1, 0.15) is 24.9 Å². The summed E-state index contributed by atoms with van der Waals surface area (Å²) in [5.74, 6) is -2.71. The van der Waals surface area contributed by atoms with Crippen molar-refractivity contribution >= 4 is 35.6 Å². The largest absolute Gasteiger partial charge is 0.442 e. The molecule has 1 atom stereocenters. The van der Waals surface area contributed by atoms with Gasteiger partial charge in [-0.05, 0) is 18.2 Å². The van der Waals surface area contributed by atoms with E-state index in [9.17, 15) is 27.6 Å². The van der Waals surface area contributed by atoms with Crippen LogP contribution in [0.4, 0.5) is 29.3 Å². The van der Waals surface area contributed by atoms with Crippen molar-refractivity contribution in [2.24, 2.45) is 5.10 Å². The van der Waals surface area contributed by atoms with Crippen LogP contribution in [0.25, 0.3) is 0 Å². The fourth-order valence-electron chi connectivity index (χ4n) is 2.92. The van der Waals surface area contributed by atoms with Gasteiger partial charge in [0.15, 0.2) is 0 Å². The summed E-state index contributed by atoms with van der Waals surface area (Å²) in [7, 11) is 0. The van der Waals surface area contributed by atoms with Crippen LogP contribution < -0.4 is 15.1 Å². The minimum Gasteiger partial charge on any atom is -0.442 e. The van der Waals surface area contributed by atoms with E-state index in [-0.39, 0.29) is 37.6 Å². The van der Waals surface area contributed by atoms with Crippen LogP contribution in [-0.2, 0) is 14.3 Å². The second kappa shape index (κ2) is 8.98. The minimum absolute atomic E-state index is 0.0510. The fourth-order valence-corrected chi connectivity index (χ4v) is 2.92. The zero-order valence-corrected chi connectivity index (χ0v) is 15.5. The Morgan fingerprint density at radius 2 is 2.10 bits per heavy atom. The Hall–Kier alpha value is -3.35. The Morgan fingerprint density at radius 1 is 1.33 bits per heavy atom. The van der Waals surface area contributed by atoms with Gasteiger partial charge in [-0.3, -0.25) is 14.5 Å². The van der Waals surface area contributed by atoms with Gasteiger partial charge in [-0.15, -0.1) is 0 Å². The van der Waals surface area contributed by atoms with Crippen molar-refractivity contribution in [2.75, 3.05) is 42.6 Å². The van der Waals surface area contributed by atoms with E-state index in [0.29, 0.717) is 0 Å². The Kier molecular flexibility index (Phi) is 6.40. The van der Waals surface area contributed by atoms with Gasteiger partial charge in [0.05, 0.1) is 31.0 Å². The lowest BCUT2D eigenvalue weighted by atomic mass is 10.2. The third-order valence-corrected chi connectivity index (χ3v) is 4.43. The number of carbonyl (C=O) groups is 3. The first-order valence-corrected chi connectivity index (χ1v) is 8.85.